The van der Waals surface area contributed by atoms with Crippen molar-refractivity contribution in [3.63, 3.8) is 0 Å². The molecule has 4 aromatic rings. The van der Waals surface area contributed by atoms with Gasteiger partial charge in [-0.3, -0.25) is 14.6 Å². The highest BCUT2D eigenvalue weighted by atomic mass is 32.1. The maximum atomic E-state index is 14.1. The van der Waals surface area contributed by atoms with Gasteiger partial charge in [-0.25, -0.2) is 4.98 Å². The maximum absolute atomic E-state index is 14.1. The minimum Gasteiger partial charge on any atom is -0.384 e. The number of fused-ring (bicyclic) bond motifs is 1. The number of carbonyl (C=O) groups is 2. The molecule has 0 saturated carbocycles. The van der Waals surface area contributed by atoms with Gasteiger partial charge in [-0.05, 0) is 72.0 Å². The van der Waals surface area contributed by atoms with Crippen LogP contribution in [0, 0.1) is 0 Å². The minimum absolute atomic E-state index is 0.0212. The Balaban J connectivity index is 1.31. The van der Waals surface area contributed by atoms with Gasteiger partial charge < -0.3 is 15.7 Å². The maximum Gasteiger partial charge on any atom is 0.417 e. The normalized spacial score (nSPS) is 15.6. The molecule has 1 amide bonds. The first-order valence-corrected chi connectivity index (χ1v) is 14.6. The van der Waals surface area contributed by atoms with Crippen LogP contribution in [0.4, 0.5) is 32.2 Å². The summed E-state index contributed by atoms with van der Waals surface area (Å²) in [6.07, 6.45) is -4.85. The van der Waals surface area contributed by atoms with E-state index in [0.717, 1.165) is 23.6 Å². The summed E-state index contributed by atoms with van der Waals surface area (Å²) in [6.45, 7) is -0.630. The molecule has 0 spiro atoms. The fourth-order valence-electron chi connectivity index (χ4n) is 4.96. The summed E-state index contributed by atoms with van der Waals surface area (Å²) in [5.74, 6) is -0.460. The largest absolute Gasteiger partial charge is 0.417 e. The molecule has 1 aliphatic heterocycles. The van der Waals surface area contributed by atoms with Crippen molar-refractivity contribution in [3.05, 3.63) is 82.5 Å². The number of aromatic nitrogens is 2. The highest BCUT2D eigenvalue weighted by Gasteiger charge is 2.55. The van der Waals surface area contributed by atoms with E-state index >= 15 is 0 Å². The molecule has 3 aromatic heterocycles. The number of thiophene rings is 1. The zero-order valence-corrected chi connectivity index (χ0v) is 24.3. The quantitative estimate of drug-likeness (QED) is 0.171. The number of halogens is 6. The Labute approximate surface area is 257 Å². The molecule has 0 atom stereocenters. The summed E-state index contributed by atoms with van der Waals surface area (Å²) in [5.41, 5.74) is 2.88. The number of ketones is 1. The van der Waals surface area contributed by atoms with E-state index in [1.54, 1.807) is 30.3 Å². The van der Waals surface area contributed by atoms with Crippen molar-refractivity contribution in [2.24, 2.45) is 0 Å². The lowest BCUT2D eigenvalue weighted by molar-refractivity contribution is -0.271. The van der Waals surface area contributed by atoms with Gasteiger partial charge in [0.2, 0.25) is 0 Å². The third kappa shape index (κ3) is 7.17. The van der Waals surface area contributed by atoms with Crippen LogP contribution in [0.5, 0.6) is 0 Å². The van der Waals surface area contributed by atoms with Crippen molar-refractivity contribution in [3.8, 4) is 11.3 Å². The number of allylic oxidation sites excluding steroid dienone is 1. The zero-order valence-electron chi connectivity index (χ0n) is 23.5. The van der Waals surface area contributed by atoms with Crippen molar-refractivity contribution in [1.29, 1.82) is 0 Å². The Hall–Kier alpha value is -4.30. The summed E-state index contributed by atoms with van der Waals surface area (Å²) in [4.78, 5) is 35.1. The van der Waals surface area contributed by atoms with E-state index in [2.05, 4.69) is 9.97 Å². The molecule has 1 aromatic carbocycles. The van der Waals surface area contributed by atoms with Gasteiger partial charge in [0.1, 0.15) is 5.82 Å². The van der Waals surface area contributed by atoms with E-state index in [1.165, 1.54) is 29.3 Å². The van der Waals surface area contributed by atoms with Gasteiger partial charge in [0.25, 0.3) is 5.91 Å². The Morgan fingerprint density at radius 2 is 1.73 bits per heavy atom. The summed E-state index contributed by atoms with van der Waals surface area (Å²) in [5, 5.41) is 10.2. The van der Waals surface area contributed by atoms with Crippen LogP contribution in [-0.2, 0) is 17.4 Å². The molecule has 0 bridgehead atoms. The van der Waals surface area contributed by atoms with Crippen LogP contribution >= 0.6 is 11.3 Å². The lowest BCUT2D eigenvalue weighted by Crippen LogP contribution is -2.54. The monoisotopic (exact) mass is 648 g/mol. The highest BCUT2D eigenvalue weighted by Crippen LogP contribution is 2.42. The minimum atomic E-state index is -4.81. The van der Waals surface area contributed by atoms with E-state index in [0.29, 0.717) is 21.6 Å². The number of hydrogen-bond donors (Lipinski definition) is 2. The molecule has 4 heterocycles. The van der Waals surface area contributed by atoms with E-state index < -0.39 is 42.3 Å². The average molecular weight is 649 g/mol. The molecular formula is C31H26F6N4O3S. The molecule has 5 rings (SSSR count). The molecule has 3 N–H and O–H groups in total. The number of nitrogen functional groups attached to an aromatic ring is 1. The Bertz CT molecular complexity index is 1740. The molecule has 7 nitrogen and oxygen atoms in total. The number of pyridine rings is 2. The predicted molar refractivity (Wildman–Crippen MR) is 157 cm³/mol. The summed E-state index contributed by atoms with van der Waals surface area (Å²) in [7, 11) is 0. The second-order valence-corrected chi connectivity index (χ2v) is 11.9. The Kier molecular flexibility index (Phi) is 8.73. The van der Waals surface area contributed by atoms with Crippen molar-refractivity contribution < 1.29 is 41.0 Å². The van der Waals surface area contributed by atoms with Gasteiger partial charge >= 0.3 is 12.4 Å². The van der Waals surface area contributed by atoms with Gasteiger partial charge in [-0.15, -0.1) is 11.3 Å². The lowest BCUT2D eigenvalue weighted by atomic mass is 9.90. The number of benzene rings is 1. The number of nitrogens with two attached hydrogens (primary N) is 1. The molecule has 0 aliphatic carbocycles. The molecular weight excluding hydrogens is 622 g/mol. The first-order valence-electron chi connectivity index (χ1n) is 13.7. The molecule has 0 unspecified atom stereocenters. The number of rotatable bonds is 7. The number of aliphatic hydroxyl groups is 1. The van der Waals surface area contributed by atoms with E-state index in [4.69, 9.17) is 5.73 Å². The van der Waals surface area contributed by atoms with Crippen LogP contribution in [-0.4, -0.2) is 56.5 Å². The Morgan fingerprint density at radius 1 is 1.00 bits per heavy atom. The van der Waals surface area contributed by atoms with E-state index in [9.17, 15) is 41.0 Å². The third-order valence-corrected chi connectivity index (χ3v) is 8.82. The predicted octanol–water partition coefficient (Wildman–Crippen LogP) is 6.70. The van der Waals surface area contributed by atoms with Crippen molar-refractivity contribution in [2.45, 2.75) is 43.6 Å². The topological polar surface area (TPSA) is 109 Å². The third-order valence-electron chi connectivity index (χ3n) is 7.57. The van der Waals surface area contributed by atoms with Gasteiger partial charge in [-0.2, -0.15) is 26.3 Å². The first kappa shape index (κ1) is 32.1. The summed E-state index contributed by atoms with van der Waals surface area (Å²) >= 11 is 0.957. The van der Waals surface area contributed by atoms with Crippen molar-refractivity contribution in [2.75, 3.05) is 18.8 Å². The molecule has 1 saturated heterocycles. The fourth-order valence-corrected chi connectivity index (χ4v) is 6.13. The van der Waals surface area contributed by atoms with Gasteiger partial charge in [-0.1, -0.05) is 0 Å². The molecule has 1 aliphatic rings. The van der Waals surface area contributed by atoms with E-state index in [-0.39, 0.29) is 53.2 Å². The smallest absolute Gasteiger partial charge is 0.384 e. The molecule has 1 fully saturated rings. The van der Waals surface area contributed by atoms with E-state index in [1.807, 2.05) is 0 Å². The molecule has 0 radical (unpaired) electrons. The number of alkyl halides is 6. The highest BCUT2D eigenvalue weighted by molar-refractivity contribution is 7.19. The van der Waals surface area contributed by atoms with Gasteiger partial charge in [0.15, 0.2) is 11.4 Å². The second-order valence-electron chi connectivity index (χ2n) is 10.7. The number of amides is 1. The van der Waals surface area contributed by atoms with Gasteiger partial charge in [0.05, 0.1) is 16.8 Å². The van der Waals surface area contributed by atoms with Crippen molar-refractivity contribution >= 4 is 45.0 Å². The number of anilines is 1. The Morgan fingerprint density at radius 3 is 2.33 bits per heavy atom. The van der Waals surface area contributed by atoms with Crippen LogP contribution in [0.2, 0.25) is 0 Å². The summed E-state index contributed by atoms with van der Waals surface area (Å²) in [6, 6.07) is 10.2. The number of aryl methyl sites for hydroxylation is 1. The van der Waals surface area contributed by atoms with Crippen LogP contribution in [0.1, 0.15) is 45.6 Å². The van der Waals surface area contributed by atoms with Crippen LogP contribution in [0.15, 0.2) is 60.9 Å². The molecule has 236 valence electrons. The number of hydrogen-bond acceptors (Lipinski definition) is 7. The SMILES string of the molecule is Nc1ccc(/C=C/C(=O)CCc2cc3cc(-c4ccc(C(=O)N5CCC(O)(C(F)(F)F)CC5)cn4)cc(C(F)(F)F)c3s2)cn1. The first-order chi connectivity index (χ1) is 21.1. The zero-order chi connectivity index (χ0) is 32.6. The van der Waals surface area contributed by atoms with Crippen LogP contribution < -0.4 is 5.73 Å². The standard InChI is InChI=1S/C31H26F6N4O3S/c32-30(33,34)24-15-20(25-7-3-19(17-39-25)28(43)41-11-9-29(44,10-12-41)31(35,36)37)13-21-14-23(45-27(21)24)6-5-22(42)4-1-18-2-8-26(38)40-16-18/h1-4,7-8,13-17,44H,5-6,9-12H2,(H2,38,40)/b4-1+. The number of piperidine rings is 1. The lowest BCUT2D eigenvalue weighted by Gasteiger charge is -2.39. The number of carbonyl (C=O) groups excluding carboxylic acids is 2. The van der Waals surface area contributed by atoms with Crippen LogP contribution in [0.3, 0.4) is 0 Å². The molecule has 14 heteroatoms. The van der Waals surface area contributed by atoms with Gasteiger partial charge in [0, 0.05) is 59.9 Å². The van der Waals surface area contributed by atoms with Crippen molar-refractivity contribution in [1.82, 2.24) is 14.9 Å². The number of nitrogens with zero attached hydrogens (tertiary/aromatic N) is 3. The second kappa shape index (κ2) is 12.2. The fraction of sp³-hybridized carbons (Fsp3) is 0.290. The number of likely N-dealkylation sites (tertiary alicyclic amines) is 1. The molecule has 45 heavy (non-hydrogen) atoms. The average Bonchev–Trinajstić information content (AvgIpc) is 3.41. The van der Waals surface area contributed by atoms with Crippen LogP contribution in [0.25, 0.3) is 27.4 Å². The summed E-state index contributed by atoms with van der Waals surface area (Å²) < 4.78 is 81.6.